The molecular weight excluding hydrogens is 316 g/mol. The molecule has 0 spiro atoms. The van der Waals surface area contributed by atoms with Crippen LogP contribution >= 0.6 is 15.9 Å². The minimum atomic E-state index is 0.0169. The largest absolute Gasteiger partial charge is 0.333 e. The lowest BCUT2D eigenvalue weighted by Crippen LogP contribution is -2.31. The molecule has 20 heavy (non-hydrogen) atoms. The molecule has 104 valence electrons. The van der Waals surface area contributed by atoms with Gasteiger partial charge in [-0.3, -0.25) is 9.78 Å². The number of benzene rings is 1. The van der Waals surface area contributed by atoms with Crippen molar-refractivity contribution in [3.8, 4) is 0 Å². The molecule has 1 amide bonds. The highest BCUT2D eigenvalue weighted by Crippen LogP contribution is 2.18. The monoisotopic (exact) mass is 332 g/mol. The van der Waals surface area contributed by atoms with Crippen LogP contribution in [0.1, 0.15) is 28.7 Å². The molecule has 0 N–H and O–H groups in total. The summed E-state index contributed by atoms with van der Waals surface area (Å²) in [5.41, 5.74) is 2.56. The highest BCUT2D eigenvalue weighted by atomic mass is 79.9. The van der Waals surface area contributed by atoms with Gasteiger partial charge in [-0.1, -0.05) is 18.2 Å². The molecule has 0 aliphatic carbocycles. The Labute approximate surface area is 127 Å². The van der Waals surface area contributed by atoms with E-state index in [0.29, 0.717) is 18.7 Å². The van der Waals surface area contributed by atoms with E-state index in [2.05, 4.69) is 20.9 Å². The average Bonchev–Trinajstić information content (AvgIpc) is 2.44. The molecule has 0 fully saturated rings. The van der Waals surface area contributed by atoms with Crippen LogP contribution in [-0.2, 0) is 6.54 Å². The normalized spacial score (nSPS) is 10.3. The van der Waals surface area contributed by atoms with Crippen molar-refractivity contribution in [2.75, 3.05) is 6.54 Å². The Morgan fingerprint density at radius 2 is 1.95 bits per heavy atom. The molecule has 0 atom stereocenters. The summed E-state index contributed by atoms with van der Waals surface area (Å²) in [4.78, 5) is 18.8. The lowest BCUT2D eigenvalue weighted by molar-refractivity contribution is 0.0749. The quantitative estimate of drug-likeness (QED) is 0.852. The smallest absolute Gasteiger partial charge is 0.255 e. The standard InChI is InChI=1S/C16H17BrN2O/c1-3-19(11-13-8-6-7-12(2)18-13)16(20)14-9-4-5-10-15(14)17/h4-10H,3,11H2,1-2H3. The van der Waals surface area contributed by atoms with Crippen molar-refractivity contribution in [3.05, 3.63) is 63.9 Å². The second-order valence-corrected chi connectivity index (χ2v) is 5.42. The Bertz CT molecular complexity index is 613. The summed E-state index contributed by atoms with van der Waals surface area (Å²) < 4.78 is 0.820. The Morgan fingerprint density at radius 3 is 2.60 bits per heavy atom. The fraction of sp³-hybridized carbons (Fsp3) is 0.250. The number of amides is 1. The summed E-state index contributed by atoms with van der Waals surface area (Å²) >= 11 is 3.43. The zero-order valence-corrected chi connectivity index (χ0v) is 13.2. The molecule has 0 saturated heterocycles. The third kappa shape index (κ3) is 3.45. The van der Waals surface area contributed by atoms with E-state index in [9.17, 15) is 4.79 Å². The highest BCUT2D eigenvalue weighted by molar-refractivity contribution is 9.10. The van der Waals surface area contributed by atoms with Gasteiger partial charge in [0.1, 0.15) is 0 Å². The molecule has 0 saturated carbocycles. The minimum Gasteiger partial charge on any atom is -0.333 e. The van der Waals surface area contributed by atoms with Crippen molar-refractivity contribution in [3.63, 3.8) is 0 Å². The lowest BCUT2D eigenvalue weighted by Gasteiger charge is -2.21. The summed E-state index contributed by atoms with van der Waals surface area (Å²) in [6, 6.07) is 13.4. The van der Waals surface area contributed by atoms with Crippen LogP contribution in [0, 0.1) is 6.92 Å². The molecule has 1 aromatic heterocycles. The summed E-state index contributed by atoms with van der Waals surface area (Å²) in [5, 5.41) is 0. The van der Waals surface area contributed by atoms with Crippen LogP contribution < -0.4 is 0 Å². The van der Waals surface area contributed by atoms with Gasteiger partial charge >= 0.3 is 0 Å². The van der Waals surface area contributed by atoms with Gasteiger partial charge in [0.15, 0.2) is 0 Å². The van der Waals surface area contributed by atoms with E-state index in [0.717, 1.165) is 15.9 Å². The van der Waals surface area contributed by atoms with Crippen molar-refractivity contribution in [2.24, 2.45) is 0 Å². The molecule has 0 radical (unpaired) electrons. The first-order valence-electron chi connectivity index (χ1n) is 6.58. The topological polar surface area (TPSA) is 33.2 Å². The second kappa shape index (κ2) is 6.66. The van der Waals surface area contributed by atoms with Crippen LogP contribution in [0.25, 0.3) is 0 Å². The summed E-state index contributed by atoms with van der Waals surface area (Å²) in [6.45, 7) is 5.11. The Kier molecular flexibility index (Phi) is 4.90. The van der Waals surface area contributed by atoms with E-state index >= 15 is 0 Å². The number of hydrogen-bond donors (Lipinski definition) is 0. The Morgan fingerprint density at radius 1 is 1.20 bits per heavy atom. The number of halogens is 1. The van der Waals surface area contributed by atoms with E-state index < -0.39 is 0 Å². The van der Waals surface area contributed by atoms with Crippen molar-refractivity contribution < 1.29 is 4.79 Å². The Hall–Kier alpha value is -1.68. The number of aromatic nitrogens is 1. The first kappa shape index (κ1) is 14.7. The van der Waals surface area contributed by atoms with Crippen LogP contribution in [0.15, 0.2) is 46.9 Å². The Balaban J connectivity index is 2.20. The number of pyridine rings is 1. The molecule has 1 heterocycles. The fourth-order valence-corrected chi connectivity index (χ4v) is 2.47. The van der Waals surface area contributed by atoms with Crippen molar-refractivity contribution in [1.82, 2.24) is 9.88 Å². The zero-order chi connectivity index (χ0) is 14.5. The molecule has 0 unspecified atom stereocenters. The van der Waals surface area contributed by atoms with E-state index in [-0.39, 0.29) is 5.91 Å². The van der Waals surface area contributed by atoms with Crippen molar-refractivity contribution >= 4 is 21.8 Å². The van der Waals surface area contributed by atoms with E-state index in [1.807, 2.05) is 56.3 Å². The molecule has 0 bridgehead atoms. The number of rotatable bonds is 4. The van der Waals surface area contributed by atoms with E-state index in [4.69, 9.17) is 0 Å². The number of carbonyl (C=O) groups excluding carboxylic acids is 1. The highest BCUT2D eigenvalue weighted by Gasteiger charge is 2.17. The average molecular weight is 333 g/mol. The zero-order valence-electron chi connectivity index (χ0n) is 11.6. The molecule has 3 nitrogen and oxygen atoms in total. The molecule has 0 aliphatic rings. The van der Waals surface area contributed by atoms with Gasteiger partial charge in [-0.2, -0.15) is 0 Å². The SMILES string of the molecule is CCN(Cc1cccc(C)n1)C(=O)c1ccccc1Br. The fourth-order valence-electron chi connectivity index (χ4n) is 2.02. The van der Waals surface area contributed by atoms with Gasteiger partial charge in [-0.05, 0) is 54.0 Å². The maximum absolute atomic E-state index is 12.6. The molecule has 2 rings (SSSR count). The van der Waals surface area contributed by atoms with Gasteiger partial charge < -0.3 is 4.90 Å². The van der Waals surface area contributed by atoms with Crippen molar-refractivity contribution in [2.45, 2.75) is 20.4 Å². The second-order valence-electron chi connectivity index (χ2n) is 4.57. The van der Waals surface area contributed by atoms with Crippen LogP contribution in [0.4, 0.5) is 0 Å². The molecule has 0 aliphatic heterocycles. The first-order chi connectivity index (χ1) is 9.61. The van der Waals surface area contributed by atoms with Gasteiger partial charge in [0.05, 0.1) is 17.8 Å². The van der Waals surface area contributed by atoms with Crippen LogP contribution in [0.3, 0.4) is 0 Å². The predicted molar refractivity (Wildman–Crippen MR) is 83.5 cm³/mol. The third-order valence-electron chi connectivity index (χ3n) is 3.07. The summed E-state index contributed by atoms with van der Waals surface area (Å²) in [6.07, 6.45) is 0. The predicted octanol–water partition coefficient (Wildman–Crippen LogP) is 3.81. The van der Waals surface area contributed by atoms with Crippen LogP contribution in [0.2, 0.25) is 0 Å². The van der Waals surface area contributed by atoms with Gasteiger partial charge in [0.2, 0.25) is 0 Å². The molecular formula is C16H17BrN2O. The summed E-state index contributed by atoms with van der Waals surface area (Å²) in [7, 11) is 0. The van der Waals surface area contributed by atoms with Crippen molar-refractivity contribution in [1.29, 1.82) is 0 Å². The number of nitrogens with zero attached hydrogens (tertiary/aromatic N) is 2. The van der Waals surface area contributed by atoms with Gasteiger partial charge in [0, 0.05) is 16.7 Å². The van der Waals surface area contributed by atoms with Crippen LogP contribution in [-0.4, -0.2) is 22.3 Å². The maximum atomic E-state index is 12.6. The first-order valence-corrected chi connectivity index (χ1v) is 7.37. The number of aryl methyl sites for hydroxylation is 1. The van der Waals surface area contributed by atoms with Gasteiger partial charge in [-0.25, -0.2) is 0 Å². The molecule has 4 heteroatoms. The minimum absolute atomic E-state index is 0.0169. The molecule has 1 aromatic carbocycles. The van der Waals surface area contributed by atoms with Crippen LogP contribution in [0.5, 0.6) is 0 Å². The van der Waals surface area contributed by atoms with Gasteiger partial charge in [-0.15, -0.1) is 0 Å². The lowest BCUT2D eigenvalue weighted by atomic mass is 10.2. The third-order valence-corrected chi connectivity index (χ3v) is 3.76. The summed E-state index contributed by atoms with van der Waals surface area (Å²) in [5.74, 6) is 0.0169. The van der Waals surface area contributed by atoms with E-state index in [1.165, 1.54) is 0 Å². The van der Waals surface area contributed by atoms with Gasteiger partial charge in [0.25, 0.3) is 5.91 Å². The maximum Gasteiger partial charge on any atom is 0.255 e. The number of carbonyl (C=O) groups is 1. The number of hydrogen-bond acceptors (Lipinski definition) is 2. The molecule has 2 aromatic rings. The van der Waals surface area contributed by atoms with E-state index in [1.54, 1.807) is 4.90 Å².